The summed E-state index contributed by atoms with van der Waals surface area (Å²) in [6.07, 6.45) is 1.53. The SMILES string of the molecule is CCS(=O)(=O)N1CCC2(CCCN(Cc3ccncc3)C2=O)CC1.O=C(O)C(F)(F)F. The molecule has 1 amide bonds. The summed E-state index contributed by atoms with van der Waals surface area (Å²) in [5.74, 6) is -2.44. The second kappa shape index (κ2) is 9.94. The van der Waals surface area contributed by atoms with Gasteiger partial charge < -0.3 is 10.0 Å². The summed E-state index contributed by atoms with van der Waals surface area (Å²) in [5.41, 5.74) is 0.715. The standard InChI is InChI=1S/C17H25N3O3S.C2HF3O2/c1-2-24(22,23)20-12-7-17(8-13-20)6-3-11-19(16(17)21)14-15-4-9-18-10-5-15;3-2(4,5)1(6)7/h4-5,9-10H,2-3,6-8,11-14H2,1H3;(H,6,7). The Bertz CT molecular complexity index is 870. The first kappa shape index (κ1) is 25.1. The molecule has 0 radical (unpaired) electrons. The van der Waals surface area contributed by atoms with Crippen molar-refractivity contribution in [1.29, 1.82) is 0 Å². The minimum absolute atomic E-state index is 0.127. The number of amides is 1. The first-order valence-corrected chi connectivity index (χ1v) is 11.5. The van der Waals surface area contributed by atoms with Gasteiger partial charge in [-0.25, -0.2) is 17.5 Å². The van der Waals surface area contributed by atoms with E-state index in [-0.39, 0.29) is 17.1 Å². The van der Waals surface area contributed by atoms with Gasteiger partial charge in [0.05, 0.1) is 11.2 Å². The van der Waals surface area contributed by atoms with Crippen LogP contribution < -0.4 is 0 Å². The molecule has 174 valence electrons. The fourth-order valence-corrected chi connectivity index (χ4v) is 4.95. The van der Waals surface area contributed by atoms with E-state index in [1.165, 1.54) is 0 Å². The lowest BCUT2D eigenvalue weighted by Gasteiger charge is -2.46. The first-order valence-electron chi connectivity index (χ1n) is 9.87. The van der Waals surface area contributed by atoms with E-state index in [9.17, 15) is 26.4 Å². The molecule has 0 atom stereocenters. The van der Waals surface area contributed by atoms with Crippen LogP contribution in [0.4, 0.5) is 13.2 Å². The maximum atomic E-state index is 13.1. The Kier molecular flexibility index (Phi) is 8.04. The van der Waals surface area contributed by atoms with Gasteiger partial charge >= 0.3 is 12.1 Å². The Labute approximate surface area is 179 Å². The van der Waals surface area contributed by atoms with E-state index in [4.69, 9.17) is 9.90 Å². The van der Waals surface area contributed by atoms with Gasteiger partial charge in [-0.15, -0.1) is 0 Å². The lowest BCUT2D eigenvalue weighted by Crippen LogP contribution is -2.54. The Balaban J connectivity index is 0.000000423. The molecule has 2 aliphatic heterocycles. The fourth-order valence-electron chi connectivity index (χ4n) is 3.85. The lowest BCUT2D eigenvalue weighted by atomic mass is 9.72. The fraction of sp³-hybridized carbons (Fsp3) is 0.632. The van der Waals surface area contributed by atoms with E-state index in [2.05, 4.69) is 4.98 Å². The third kappa shape index (κ3) is 6.39. The highest BCUT2D eigenvalue weighted by Crippen LogP contribution is 2.41. The van der Waals surface area contributed by atoms with Crippen molar-refractivity contribution in [2.24, 2.45) is 5.41 Å². The van der Waals surface area contributed by atoms with Gasteiger partial charge in [-0.2, -0.15) is 13.2 Å². The van der Waals surface area contributed by atoms with E-state index in [0.717, 1.165) is 24.9 Å². The molecule has 0 aliphatic carbocycles. The summed E-state index contributed by atoms with van der Waals surface area (Å²) >= 11 is 0. The van der Waals surface area contributed by atoms with Gasteiger partial charge in [-0.1, -0.05) is 0 Å². The number of halogens is 3. The summed E-state index contributed by atoms with van der Waals surface area (Å²) in [6, 6.07) is 3.87. The minimum Gasteiger partial charge on any atom is -0.475 e. The van der Waals surface area contributed by atoms with Crippen molar-refractivity contribution in [3.63, 3.8) is 0 Å². The van der Waals surface area contributed by atoms with Gasteiger partial charge in [0, 0.05) is 38.6 Å². The predicted molar refractivity (Wildman–Crippen MR) is 105 cm³/mol. The summed E-state index contributed by atoms with van der Waals surface area (Å²) in [7, 11) is -3.15. The number of sulfonamides is 1. The number of hydrogen-bond acceptors (Lipinski definition) is 5. The van der Waals surface area contributed by atoms with Crippen LogP contribution in [0.5, 0.6) is 0 Å². The van der Waals surface area contributed by atoms with Gasteiger partial charge in [-0.3, -0.25) is 9.78 Å². The van der Waals surface area contributed by atoms with Crippen LogP contribution in [0.1, 0.15) is 38.2 Å². The lowest BCUT2D eigenvalue weighted by molar-refractivity contribution is -0.192. The average molecular weight is 465 g/mol. The summed E-state index contributed by atoms with van der Waals surface area (Å²) in [6.45, 7) is 3.98. The minimum atomic E-state index is -5.08. The highest BCUT2D eigenvalue weighted by atomic mass is 32.2. The second-order valence-electron chi connectivity index (χ2n) is 7.57. The van der Waals surface area contributed by atoms with Gasteiger partial charge in [0.1, 0.15) is 0 Å². The Morgan fingerprint density at radius 2 is 1.71 bits per heavy atom. The third-order valence-electron chi connectivity index (χ3n) is 5.63. The van der Waals surface area contributed by atoms with Crippen molar-refractivity contribution in [3.05, 3.63) is 30.1 Å². The average Bonchev–Trinajstić information content (AvgIpc) is 2.72. The zero-order chi connectivity index (χ0) is 23.3. The normalized spacial score (nSPS) is 19.6. The molecule has 8 nitrogen and oxygen atoms in total. The molecule has 3 heterocycles. The number of carboxylic acids is 1. The second-order valence-corrected chi connectivity index (χ2v) is 9.83. The monoisotopic (exact) mass is 465 g/mol. The molecule has 1 aromatic heterocycles. The summed E-state index contributed by atoms with van der Waals surface area (Å²) in [5, 5.41) is 7.12. The van der Waals surface area contributed by atoms with E-state index >= 15 is 0 Å². The van der Waals surface area contributed by atoms with Crippen LogP contribution in [0.25, 0.3) is 0 Å². The number of hydrogen-bond donors (Lipinski definition) is 1. The van der Waals surface area contributed by atoms with Gasteiger partial charge in [0.2, 0.25) is 15.9 Å². The zero-order valence-electron chi connectivity index (χ0n) is 17.1. The van der Waals surface area contributed by atoms with E-state index in [1.54, 1.807) is 23.6 Å². The molecule has 1 aromatic rings. The molecule has 2 aliphatic rings. The molecule has 31 heavy (non-hydrogen) atoms. The quantitative estimate of drug-likeness (QED) is 0.731. The Hall–Kier alpha value is -2.21. The van der Waals surface area contributed by atoms with Crippen molar-refractivity contribution >= 4 is 21.9 Å². The number of rotatable bonds is 4. The number of piperidine rings is 2. The molecular weight excluding hydrogens is 439 g/mol. The molecule has 0 aromatic carbocycles. The molecule has 1 N–H and O–H groups in total. The number of pyridine rings is 1. The molecular formula is C19H26F3N3O5S. The molecule has 0 bridgehead atoms. The van der Waals surface area contributed by atoms with Crippen molar-refractivity contribution in [3.8, 4) is 0 Å². The topological polar surface area (TPSA) is 108 Å². The molecule has 1 spiro atoms. The van der Waals surface area contributed by atoms with Crippen LogP contribution in [0, 0.1) is 5.41 Å². The van der Waals surface area contributed by atoms with Crippen molar-refractivity contribution in [2.75, 3.05) is 25.4 Å². The Morgan fingerprint density at radius 3 is 2.19 bits per heavy atom. The number of nitrogens with zero attached hydrogens (tertiary/aromatic N) is 3. The molecule has 12 heteroatoms. The number of carboxylic acid groups (broad SMARTS) is 1. The maximum absolute atomic E-state index is 13.1. The zero-order valence-corrected chi connectivity index (χ0v) is 18.0. The van der Waals surface area contributed by atoms with E-state index in [1.807, 2.05) is 17.0 Å². The van der Waals surface area contributed by atoms with Crippen molar-refractivity contribution in [1.82, 2.24) is 14.2 Å². The number of aromatic nitrogens is 1. The number of carbonyl (C=O) groups excluding carboxylic acids is 1. The predicted octanol–water partition coefficient (Wildman–Crippen LogP) is 2.27. The summed E-state index contributed by atoms with van der Waals surface area (Å²) < 4.78 is 57.4. The number of likely N-dealkylation sites (tertiary alicyclic amines) is 1. The van der Waals surface area contributed by atoms with E-state index < -0.39 is 22.2 Å². The van der Waals surface area contributed by atoms with Crippen LogP contribution in [0.15, 0.2) is 24.5 Å². The van der Waals surface area contributed by atoms with Gasteiger partial charge in [0.15, 0.2) is 0 Å². The van der Waals surface area contributed by atoms with Crippen molar-refractivity contribution < 1.29 is 36.3 Å². The molecule has 0 unspecified atom stereocenters. The third-order valence-corrected chi connectivity index (χ3v) is 7.51. The van der Waals surface area contributed by atoms with Crippen LogP contribution >= 0.6 is 0 Å². The largest absolute Gasteiger partial charge is 0.490 e. The van der Waals surface area contributed by atoms with E-state index in [0.29, 0.717) is 32.5 Å². The van der Waals surface area contributed by atoms with Gasteiger partial charge in [0.25, 0.3) is 0 Å². The van der Waals surface area contributed by atoms with Crippen LogP contribution in [0.3, 0.4) is 0 Å². The smallest absolute Gasteiger partial charge is 0.475 e. The highest BCUT2D eigenvalue weighted by Gasteiger charge is 2.46. The molecule has 2 saturated heterocycles. The molecule has 0 saturated carbocycles. The highest BCUT2D eigenvalue weighted by molar-refractivity contribution is 7.89. The molecule has 3 rings (SSSR count). The Morgan fingerprint density at radius 1 is 1.16 bits per heavy atom. The first-order chi connectivity index (χ1) is 14.4. The van der Waals surface area contributed by atoms with Gasteiger partial charge in [-0.05, 0) is 50.3 Å². The van der Waals surface area contributed by atoms with Crippen LogP contribution in [-0.2, 0) is 26.2 Å². The number of carbonyl (C=O) groups is 2. The summed E-state index contributed by atoms with van der Waals surface area (Å²) in [4.78, 5) is 27.9. The van der Waals surface area contributed by atoms with Crippen LogP contribution in [0.2, 0.25) is 0 Å². The molecule has 2 fully saturated rings. The maximum Gasteiger partial charge on any atom is 0.490 e. The number of aliphatic carboxylic acids is 1. The van der Waals surface area contributed by atoms with Crippen LogP contribution in [-0.4, -0.2) is 71.2 Å². The number of alkyl halides is 3. The van der Waals surface area contributed by atoms with Crippen molar-refractivity contribution in [2.45, 2.75) is 45.3 Å².